The van der Waals surface area contributed by atoms with Crippen LogP contribution in [-0.2, 0) is 4.79 Å². The normalized spacial score (nSPS) is 11.6. The molecule has 1 N–H and O–H groups in total. The highest BCUT2D eigenvalue weighted by atomic mass is 35.5. The van der Waals surface area contributed by atoms with E-state index in [2.05, 4.69) is 0 Å². The Morgan fingerprint density at radius 3 is 1.79 bits per heavy atom. The van der Waals surface area contributed by atoms with Crippen LogP contribution in [-0.4, -0.2) is 28.1 Å². The van der Waals surface area contributed by atoms with E-state index < -0.39 is 10.3 Å². The van der Waals surface area contributed by atoms with E-state index in [-0.39, 0.29) is 6.10 Å². The quantitative estimate of drug-likeness (QED) is 0.200. The molecule has 1 rings (SSSR count). The smallest absolute Gasteiger partial charge is 0.340 e. The zero-order chi connectivity index (χ0) is 21.5. The second kappa shape index (κ2) is 14.8. The fourth-order valence-electron chi connectivity index (χ4n) is 3.05. The Bertz CT molecular complexity index is 559. The summed E-state index contributed by atoms with van der Waals surface area (Å²) >= 11 is 11.4. The Balaban J connectivity index is 1.89. The van der Waals surface area contributed by atoms with E-state index in [1.807, 2.05) is 38.1 Å². The molecule has 0 radical (unpaired) electrons. The summed E-state index contributed by atoms with van der Waals surface area (Å²) in [7, 11) is 0. The number of hydrogen-bond donors (Lipinski definition) is 1. The fourth-order valence-corrected chi connectivity index (χ4v) is 3.31. The lowest BCUT2D eigenvalue weighted by molar-refractivity contribution is -0.138. The van der Waals surface area contributed by atoms with Crippen molar-refractivity contribution >= 4 is 29.2 Å². The Kier molecular flexibility index (Phi) is 13.2. The number of ether oxygens (including phenoxy) is 2. The summed E-state index contributed by atoms with van der Waals surface area (Å²) in [6, 6.07) is 7.81. The minimum Gasteiger partial charge on any atom is -0.494 e. The molecule has 1 aromatic carbocycles. The molecule has 0 unspecified atom stereocenters. The molecule has 0 saturated heterocycles. The van der Waals surface area contributed by atoms with E-state index in [9.17, 15) is 4.79 Å². The number of benzene rings is 1. The number of rotatable bonds is 17. The van der Waals surface area contributed by atoms with Crippen molar-refractivity contribution in [1.82, 2.24) is 0 Å². The lowest BCUT2D eigenvalue weighted by Crippen LogP contribution is -2.25. The molecule has 166 valence electrons. The number of hydrogen-bond acceptors (Lipinski definition) is 3. The van der Waals surface area contributed by atoms with Gasteiger partial charge in [0.2, 0.25) is 4.33 Å². The van der Waals surface area contributed by atoms with Crippen LogP contribution in [0.1, 0.15) is 84.5 Å². The summed E-state index contributed by atoms with van der Waals surface area (Å²) in [5, 5.41) is 8.84. The second-order valence-electron chi connectivity index (χ2n) is 7.78. The van der Waals surface area contributed by atoms with Gasteiger partial charge in [-0.1, -0.05) is 74.6 Å². The summed E-state index contributed by atoms with van der Waals surface area (Å²) in [4.78, 5) is 10.8. The molecule has 0 bridgehead atoms. The van der Waals surface area contributed by atoms with Gasteiger partial charge in [-0.15, -0.1) is 0 Å². The minimum atomic E-state index is -1.63. The van der Waals surface area contributed by atoms with Gasteiger partial charge in [-0.2, -0.15) is 0 Å². The first-order valence-corrected chi connectivity index (χ1v) is 11.6. The SMILES string of the molecule is CC(C)Oc1ccc(OCCCCCCCCCCCCC(Cl)(Cl)C(=O)O)cc1. The highest BCUT2D eigenvalue weighted by Crippen LogP contribution is 2.28. The molecule has 0 saturated carbocycles. The maximum absolute atomic E-state index is 10.8. The molecule has 0 amide bonds. The molecule has 29 heavy (non-hydrogen) atoms. The third kappa shape index (κ3) is 12.9. The first-order chi connectivity index (χ1) is 13.8. The molecule has 0 fully saturated rings. The number of halogens is 2. The van der Waals surface area contributed by atoms with Gasteiger partial charge in [0.25, 0.3) is 0 Å². The van der Waals surface area contributed by atoms with Crippen LogP contribution in [0.3, 0.4) is 0 Å². The molecule has 6 heteroatoms. The molecule has 0 atom stereocenters. The van der Waals surface area contributed by atoms with E-state index in [0.717, 1.165) is 43.8 Å². The van der Waals surface area contributed by atoms with Crippen molar-refractivity contribution in [1.29, 1.82) is 0 Å². The monoisotopic (exact) mass is 446 g/mol. The predicted molar refractivity (Wildman–Crippen MR) is 121 cm³/mol. The topological polar surface area (TPSA) is 55.8 Å². The van der Waals surface area contributed by atoms with Crippen LogP contribution >= 0.6 is 23.2 Å². The van der Waals surface area contributed by atoms with E-state index in [1.54, 1.807) is 0 Å². The number of alkyl halides is 2. The fraction of sp³-hybridized carbons (Fsp3) is 0.696. The van der Waals surface area contributed by atoms with Gasteiger partial charge in [0.15, 0.2) is 0 Å². The van der Waals surface area contributed by atoms with Crippen molar-refractivity contribution in [2.45, 2.75) is 94.9 Å². The van der Waals surface area contributed by atoms with Crippen LogP contribution in [0.15, 0.2) is 24.3 Å². The van der Waals surface area contributed by atoms with E-state index in [1.165, 1.54) is 38.5 Å². The van der Waals surface area contributed by atoms with E-state index in [0.29, 0.717) is 6.42 Å². The molecule has 0 aliphatic carbocycles. The molecule has 0 aliphatic heterocycles. The number of carbonyl (C=O) groups is 1. The highest BCUT2D eigenvalue weighted by Gasteiger charge is 2.32. The first kappa shape index (κ1) is 25.9. The number of aliphatic carboxylic acids is 1. The lowest BCUT2D eigenvalue weighted by Gasteiger charge is -2.13. The van der Waals surface area contributed by atoms with Crippen LogP contribution in [0, 0.1) is 0 Å². The van der Waals surface area contributed by atoms with Gasteiger partial charge in [-0.05, 0) is 57.4 Å². The Hall–Kier alpha value is -1.13. The van der Waals surface area contributed by atoms with Crippen LogP contribution < -0.4 is 9.47 Å². The summed E-state index contributed by atoms with van der Waals surface area (Å²) in [6.45, 7) is 4.78. The Morgan fingerprint density at radius 2 is 1.31 bits per heavy atom. The van der Waals surface area contributed by atoms with Gasteiger partial charge in [0.05, 0.1) is 12.7 Å². The predicted octanol–water partition coefficient (Wildman–Crippen LogP) is 7.40. The van der Waals surface area contributed by atoms with Gasteiger partial charge >= 0.3 is 5.97 Å². The third-order valence-electron chi connectivity index (χ3n) is 4.66. The van der Waals surface area contributed by atoms with Crippen molar-refractivity contribution in [3.8, 4) is 11.5 Å². The summed E-state index contributed by atoms with van der Waals surface area (Å²) < 4.78 is 9.77. The van der Waals surface area contributed by atoms with Crippen LogP contribution in [0.5, 0.6) is 11.5 Å². The van der Waals surface area contributed by atoms with Crippen molar-refractivity contribution in [3.63, 3.8) is 0 Å². The Morgan fingerprint density at radius 1 is 0.862 bits per heavy atom. The first-order valence-electron chi connectivity index (χ1n) is 10.8. The van der Waals surface area contributed by atoms with Crippen LogP contribution in [0.2, 0.25) is 0 Å². The second-order valence-corrected chi connectivity index (χ2v) is 9.27. The summed E-state index contributed by atoms with van der Waals surface area (Å²) in [6.07, 6.45) is 11.8. The number of carboxylic acid groups (broad SMARTS) is 1. The largest absolute Gasteiger partial charge is 0.494 e. The van der Waals surface area contributed by atoms with E-state index in [4.69, 9.17) is 37.8 Å². The molecule has 0 spiro atoms. The van der Waals surface area contributed by atoms with Gasteiger partial charge in [-0.25, -0.2) is 4.79 Å². The van der Waals surface area contributed by atoms with Crippen molar-refractivity contribution in [2.24, 2.45) is 0 Å². The molecule has 1 aromatic rings. The number of unbranched alkanes of at least 4 members (excludes halogenated alkanes) is 9. The van der Waals surface area contributed by atoms with Crippen molar-refractivity contribution in [3.05, 3.63) is 24.3 Å². The standard InChI is InChI=1S/C23H36Cl2O4/c1-19(2)29-21-15-13-20(14-16-21)28-18-12-10-8-6-4-3-5-7-9-11-17-23(24,25)22(26)27/h13-16,19H,3-12,17-18H2,1-2H3,(H,26,27). The molecule has 4 nitrogen and oxygen atoms in total. The van der Waals surface area contributed by atoms with E-state index >= 15 is 0 Å². The summed E-state index contributed by atoms with van der Waals surface area (Å²) in [5.74, 6) is 0.615. The van der Waals surface area contributed by atoms with Gasteiger partial charge in [-0.3, -0.25) is 0 Å². The molecular weight excluding hydrogens is 411 g/mol. The third-order valence-corrected chi connectivity index (χ3v) is 5.36. The lowest BCUT2D eigenvalue weighted by atomic mass is 10.1. The Labute approximate surface area is 185 Å². The average Bonchev–Trinajstić information content (AvgIpc) is 2.66. The number of carboxylic acids is 1. The molecular formula is C23H36Cl2O4. The summed E-state index contributed by atoms with van der Waals surface area (Å²) in [5.41, 5.74) is 0. The molecule has 0 aromatic heterocycles. The maximum atomic E-state index is 10.8. The minimum absolute atomic E-state index is 0.183. The molecule has 0 heterocycles. The van der Waals surface area contributed by atoms with Gasteiger partial charge < -0.3 is 14.6 Å². The average molecular weight is 447 g/mol. The maximum Gasteiger partial charge on any atom is 0.340 e. The molecule has 0 aliphatic rings. The van der Waals surface area contributed by atoms with Crippen LogP contribution in [0.4, 0.5) is 0 Å². The zero-order valence-corrected chi connectivity index (χ0v) is 19.3. The zero-order valence-electron chi connectivity index (χ0n) is 17.8. The van der Waals surface area contributed by atoms with Gasteiger partial charge in [0.1, 0.15) is 11.5 Å². The van der Waals surface area contributed by atoms with Crippen molar-refractivity contribution < 1.29 is 19.4 Å². The van der Waals surface area contributed by atoms with Gasteiger partial charge in [0, 0.05) is 0 Å². The van der Waals surface area contributed by atoms with Crippen LogP contribution in [0.25, 0.3) is 0 Å². The highest BCUT2D eigenvalue weighted by molar-refractivity contribution is 6.57. The van der Waals surface area contributed by atoms with Crippen molar-refractivity contribution in [2.75, 3.05) is 6.61 Å².